The Hall–Kier alpha value is -0.610. The van der Waals surface area contributed by atoms with Crippen molar-refractivity contribution in [3.05, 3.63) is 0 Å². The van der Waals surface area contributed by atoms with E-state index in [4.69, 9.17) is 9.47 Å². The molecule has 100 valence electrons. The van der Waals surface area contributed by atoms with Gasteiger partial charge in [-0.05, 0) is 46.5 Å². The van der Waals surface area contributed by atoms with Crippen LogP contribution in [0.1, 0.15) is 40.5 Å². The zero-order valence-electron chi connectivity index (χ0n) is 11.6. The van der Waals surface area contributed by atoms with Crippen molar-refractivity contribution in [1.82, 2.24) is 5.32 Å². The quantitative estimate of drug-likeness (QED) is 0.692. The third-order valence-electron chi connectivity index (χ3n) is 3.01. The Labute approximate surface area is 104 Å². The average Bonchev–Trinajstić information content (AvgIpc) is 3.06. The highest BCUT2D eigenvalue weighted by Crippen LogP contribution is 2.41. The van der Waals surface area contributed by atoms with Crippen LogP contribution in [-0.4, -0.2) is 37.4 Å². The Balaban J connectivity index is 2.81. The summed E-state index contributed by atoms with van der Waals surface area (Å²) in [6, 6.07) is 0.227. The number of methoxy groups -OCH3 is 1. The smallest absolute Gasteiger partial charge is 0.328 e. The lowest BCUT2D eigenvalue weighted by Gasteiger charge is -2.34. The van der Waals surface area contributed by atoms with Crippen molar-refractivity contribution in [3.8, 4) is 0 Å². The summed E-state index contributed by atoms with van der Waals surface area (Å²) in [5, 5.41) is 3.36. The molecular formula is C13H25NO3. The third-order valence-corrected chi connectivity index (χ3v) is 3.01. The molecule has 0 aromatic rings. The number of hydrogen-bond donors (Lipinski definition) is 1. The Morgan fingerprint density at radius 2 is 1.94 bits per heavy atom. The van der Waals surface area contributed by atoms with Crippen LogP contribution in [0.5, 0.6) is 0 Å². The Morgan fingerprint density at radius 1 is 1.35 bits per heavy atom. The summed E-state index contributed by atoms with van der Waals surface area (Å²) in [7, 11) is 1.44. The monoisotopic (exact) mass is 243 g/mol. The second-order valence-electron chi connectivity index (χ2n) is 5.40. The Morgan fingerprint density at radius 3 is 2.29 bits per heavy atom. The summed E-state index contributed by atoms with van der Waals surface area (Å²) < 4.78 is 10.6. The van der Waals surface area contributed by atoms with E-state index in [0.717, 1.165) is 12.8 Å². The van der Waals surface area contributed by atoms with E-state index >= 15 is 0 Å². The maximum absolute atomic E-state index is 12.1. The maximum atomic E-state index is 12.1. The first-order valence-corrected chi connectivity index (χ1v) is 6.40. The van der Waals surface area contributed by atoms with Crippen LogP contribution in [0, 0.1) is 5.92 Å². The zero-order chi connectivity index (χ0) is 13.1. The predicted molar refractivity (Wildman–Crippen MR) is 66.8 cm³/mol. The first-order valence-electron chi connectivity index (χ1n) is 6.40. The van der Waals surface area contributed by atoms with E-state index in [-0.39, 0.29) is 18.1 Å². The van der Waals surface area contributed by atoms with Gasteiger partial charge in [0.25, 0.3) is 0 Å². The molecule has 17 heavy (non-hydrogen) atoms. The van der Waals surface area contributed by atoms with Crippen molar-refractivity contribution in [2.24, 2.45) is 5.92 Å². The van der Waals surface area contributed by atoms with Crippen LogP contribution in [0.3, 0.4) is 0 Å². The van der Waals surface area contributed by atoms with E-state index in [2.05, 4.69) is 5.32 Å². The standard InChI is InChI=1S/C13H25NO3/c1-9(2)14-13(11-6-7-11,12(15)16-5)8-17-10(3)4/h9-11,14H,6-8H2,1-5H3. The molecule has 0 aromatic carbocycles. The lowest BCUT2D eigenvalue weighted by atomic mass is 9.93. The number of rotatable bonds is 7. The average molecular weight is 243 g/mol. The number of carbonyl (C=O) groups is 1. The van der Waals surface area contributed by atoms with Crippen LogP contribution in [-0.2, 0) is 14.3 Å². The minimum Gasteiger partial charge on any atom is -0.468 e. The number of esters is 1. The molecule has 0 heterocycles. The van der Waals surface area contributed by atoms with Gasteiger partial charge in [-0.1, -0.05) is 0 Å². The topological polar surface area (TPSA) is 47.6 Å². The third kappa shape index (κ3) is 3.68. The zero-order valence-corrected chi connectivity index (χ0v) is 11.6. The molecule has 0 radical (unpaired) electrons. The molecule has 1 fully saturated rings. The van der Waals surface area contributed by atoms with Crippen molar-refractivity contribution in [2.45, 2.75) is 58.2 Å². The molecule has 0 spiro atoms. The Bertz CT molecular complexity index is 261. The van der Waals surface area contributed by atoms with Crippen molar-refractivity contribution in [2.75, 3.05) is 13.7 Å². The van der Waals surface area contributed by atoms with Gasteiger partial charge < -0.3 is 9.47 Å². The SMILES string of the molecule is COC(=O)C(COC(C)C)(NC(C)C)C1CC1. The molecule has 1 aliphatic rings. The molecule has 1 atom stereocenters. The van der Waals surface area contributed by atoms with E-state index in [0.29, 0.717) is 12.5 Å². The molecule has 1 aliphatic carbocycles. The largest absolute Gasteiger partial charge is 0.468 e. The number of carbonyl (C=O) groups excluding carboxylic acids is 1. The highest BCUT2D eigenvalue weighted by atomic mass is 16.5. The highest BCUT2D eigenvalue weighted by molar-refractivity contribution is 5.82. The molecule has 0 bridgehead atoms. The van der Waals surface area contributed by atoms with Crippen LogP contribution >= 0.6 is 0 Å². The fraction of sp³-hybridized carbons (Fsp3) is 0.923. The van der Waals surface area contributed by atoms with Gasteiger partial charge in [-0.25, -0.2) is 4.79 Å². The van der Waals surface area contributed by atoms with Gasteiger partial charge in [0, 0.05) is 6.04 Å². The fourth-order valence-corrected chi connectivity index (χ4v) is 2.13. The molecule has 1 rings (SSSR count). The first-order chi connectivity index (χ1) is 7.92. The molecular weight excluding hydrogens is 218 g/mol. The molecule has 0 aromatic heterocycles. The van der Waals surface area contributed by atoms with Gasteiger partial charge in [-0.15, -0.1) is 0 Å². The number of ether oxygens (including phenoxy) is 2. The van der Waals surface area contributed by atoms with Crippen molar-refractivity contribution >= 4 is 5.97 Å². The molecule has 4 heteroatoms. The van der Waals surface area contributed by atoms with Gasteiger partial charge in [0.1, 0.15) is 5.54 Å². The van der Waals surface area contributed by atoms with E-state index in [1.807, 2.05) is 27.7 Å². The molecule has 0 aliphatic heterocycles. The summed E-state index contributed by atoms with van der Waals surface area (Å²) in [6.07, 6.45) is 2.25. The van der Waals surface area contributed by atoms with Crippen LogP contribution in [0.2, 0.25) is 0 Å². The summed E-state index contributed by atoms with van der Waals surface area (Å²) in [5.74, 6) is 0.144. The summed E-state index contributed by atoms with van der Waals surface area (Å²) in [6.45, 7) is 8.42. The fourth-order valence-electron chi connectivity index (χ4n) is 2.13. The molecule has 4 nitrogen and oxygen atoms in total. The van der Waals surface area contributed by atoms with Gasteiger partial charge in [-0.2, -0.15) is 0 Å². The minimum atomic E-state index is -0.660. The molecule has 0 amide bonds. The summed E-state index contributed by atoms with van der Waals surface area (Å²) >= 11 is 0. The van der Waals surface area contributed by atoms with Crippen LogP contribution < -0.4 is 5.32 Å². The van der Waals surface area contributed by atoms with Crippen LogP contribution in [0.4, 0.5) is 0 Å². The lowest BCUT2D eigenvalue weighted by molar-refractivity contribution is -0.154. The second-order valence-corrected chi connectivity index (χ2v) is 5.40. The second kappa shape index (κ2) is 5.83. The van der Waals surface area contributed by atoms with E-state index in [9.17, 15) is 4.79 Å². The predicted octanol–water partition coefficient (Wildman–Crippen LogP) is 1.73. The highest BCUT2D eigenvalue weighted by Gasteiger charge is 2.52. The van der Waals surface area contributed by atoms with E-state index < -0.39 is 5.54 Å². The maximum Gasteiger partial charge on any atom is 0.328 e. The molecule has 1 saturated carbocycles. The summed E-state index contributed by atoms with van der Waals surface area (Å²) in [5.41, 5.74) is -0.660. The number of hydrogen-bond acceptors (Lipinski definition) is 4. The van der Waals surface area contributed by atoms with Gasteiger partial charge in [0.05, 0.1) is 19.8 Å². The van der Waals surface area contributed by atoms with Crippen LogP contribution in [0.25, 0.3) is 0 Å². The van der Waals surface area contributed by atoms with Gasteiger partial charge in [0.15, 0.2) is 0 Å². The normalized spacial score (nSPS) is 19.5. The first kappa shape index (κ1) is 14.5. The lowest BCUT2D eigenvalue weighted by Crippen LogP contribution is -2.60. The molecule has 1 N–H and O–H groups in total. The Kier molecular flexibility index (Phi) is 4.95. The van der Waals surface area contributed by atoms with Gasteiger partial charge >= 0.3 is 5.97 Å². The molecule has 0 saturated heterocycles. The van der Waals surface area contributed by atoms with Crippen molar-refractivity contribution < 1.29 is 14.3 Å². The van der Waals surface area contributed by atoms with E-state index in [1.165, 1.54) is 7.11 Å². The molecule has 1 unspecified atom stereocenters. The van der Waals surface area contributed by atoms with Crippen molar-refractivity contribution in [3.63, 3.8) is 0 Å². The minimum absolute atomic E-state index is 0.117. The van der Waals surface area contributed by atoms with Crippen molar-refractivity contribution in [1.29, 1.82) is 0 Å². The number of nitrogens with one attached hydrogen (secondary N) is 1. The van der Waals surface area contributed by atoms with E-state index in [1.54, 1.807) is 0 Å². The van der Waals surface area contributed by atoms with Gasteiger partial charge in [-0.3, -0.25) is 5.32 Å². The van der Waals surface area contributed by atoms with Crippen LogP contribution in [0.15, 0.2) is 0 Å². The van der Waals surface area contributed by atoms with Gasteiger partial charge in [0.2, 0.25) is 0 Å². The summed E-state index contributed by atoms with van der Waals surface area (Å²) in [4.78, 5) is 12.1.